The van der Waals surface area contributed by atoms with Crippen LogP contribution in [0.25, 0.3) is 0 Å². The molecule has 2 rings (SSSR count). The molecule has 0 N–H and O–H groups in total. The minimum atomic E-state index is 0.0664. The van der Waals surface area contributed by atoms with Crippen molar-refractivity contribution in [2.45, 2.75) is 13.8 Å². The Bertz CT molecular complexity index is 438. The second-order valence-corrected chi connectivity index (χ2v) is 5.26. The molecule has 1 amide bonds. The minimum absolute atomic E-state index is 0.0664. The molecule has 1 aliphatic rings. The first-order valence-electron chi connectivity index (χ1n) is 6.06. The van der Waals surface area contributed by atoms with Crippen molar-refractivity contribution in [3.63, 3.8) is 0 Å². The zero-order valence-corrected chi connectivity index (χ0v) is 11.4. The maximum absolute atomic E-state index is 12.1. The van der Waals surface area contributed by atoms with E-state index in [1.165, 1.54) is 6.33 Å². The lowest BCUT2D eigenvalue weighted by molar-refractivity contribution is -0.121. The summed E-state index contributed by atoms with van der Waals surface area (Å²) in [6, 6.07) is 1.62. The van der Waals surface area contributed by atoms with Gasteiger partial charge in [0.2, 0.25) is 5.91 Å². The number of amides is 1. The van der Waals surface area contributed by atoms with Gasteiger partial charge in [-0.25, -0.2) is 9.97 Å². The van der Waals surface area contributed by atoms with E-state index < -0.39 is 0 Å². The third kappa shape index (κ3) is 3.17. The summed E-state index contributed by atoms with van der Waals surface area (Å²) in [6.07, 6.45) is 1.38. The molecular formula is C12H17ClN4O. The third-order valence-electron chi connectivity index (χ3n) is 2.82. The lowest BCUT2D eigenvalue weighted by Gasteiger charge is -2.34. The zero-order valence-electron chi connectivity index (χ0n) is 10.6. The van der Waals surface area contributed by atoms with E-state index in [1.807, 2.05) is 0 Å². The average Bonchev–Trinajstić information content (AvgIpc) is 2.28. The van der Waals surface area contributed by atoms with Crippen LogP contribution in [-0.4, -0.2) is 47.0 Å². The molecule has 0 unspecified atom stereocenters. The number of hydrogen-bond donors (Lipinski definition) is 0. The Hall–Kier alpha value is -1.20. The molecule has 1 aromatic heterocycles. The third-order valence-corrected chi connectivity index (χ3v) is 3.03. The highest BCUT2D eigenvalue weighted by atomic mass is 35.5. The van der Waals surface area contributed by atoms with E-state index in [2.05, 4.69) is 28.7 Å². The lowest BCUT2D eigenvalue weighted by atomic mass is 10.2. The smallest absolute Gasteiger partial charge is 0.242 e. The molecule has 1 aliphatic heterocycles. The monoisotopic (exact) mass is 268 g/mol. The van der Waals surface area contributed by atoms with Gasteiger partial charge in [0.25, 0.3) is 0 Å². The van der Waals surface area contributed by atoms with Gasteiger partial charge in [0, 0.05) is 25.7 Å². The molecule has 0 radical (unpaired) electrons. The molecule has 0 saturated carbocycles. The van der Waals surface area contributed by atoms with Gasteiger partial charge >= 0.3 is 0 Å². The second-order valence-electron chi connectivity index (χ2n) is 4.87. The Morgan fingerprint density at radius 1 is 1.39 bits per heavy atom. The predicted molar refractivity (Wildman–Crippen MR) is 70.7 cm³/mol. The normalized spacial score (nSPS) is 17.6. The molecule has 0 bridgehead atoms. The molecule has 1 saturated heterocycles. The SMILES string of the molecule is CC(C)CN1CCN(c2cc(Cl)ncn2)C(=O)C1. The number of anilines is 1. The molecule has 18 heavy (non-hydrogen) atoms. The van der Waals surface area contributed by atoms with Crippen molar-refractivity contribution in [3.05, 3.63) is 17.5 Å². The Labute approximate surface area is 112 Å². The van der Waals surface area contributed by atoms with Crippen molar-refractivity contribution in [1.29, 1.82) is 0 Å². The van der Waals surface area contributed by atoms with E-state index in [-0.39, 0.29) is 5.91 Å². The summed E-state index contributed by atoms with van der Waals surface area (Å²) in [5.41, 5.74) is 0. The lowest BCUT2D eigenvalue weighted by Crippen LogP contribution is -2.51. The van der Waals surface area contributed by atoms with Crippen LogP contribution >= 0.6 is 11.6 Å². The highest BCUT2D eigenvalue weighted by Crippen LogP contribution is 2.17. The average molecular weight is 269 g/mol. The Kier molecular flexibility index (Phi) is 4.14. The van der Waals surface area contributed by atoms with Crippen LogP contribution in [-0.2, 0) is 4.79 Å². The summed E-state index contributed by atoms with van der Waals surface area (Å²) in [7, 11) is 0. The van der Waals surface area contributed by atoms with Gasteiger partial charge in [0.05, 0.1) is 6.54 Å². The van der Waals surface area contributed by atoms with Crippen LogP contribution in [0.2, 0.25) is 5.15 Å². The number of carbonyl (C=O) groups is 1. The molecule has 6 heteroatoms. The molecule has 0 atom stereocenters. The van der Waals surface area contributed by atoms with Crippen LogP contribution in [0.1, 0.15) is 13.8 Å². The number of aromatic nitrogens is 2. The van der Waals surface area contributed by atoms with Crippen LogP contribution in [0, 0.1) is 5.92 Å². The summed E-state index contributed by atoms with van der Waals surface area (Å²) in [6.45, 7) is 7.22. The van der Waals surface area contributed by atoms with E-state index in [1.54, 1.807) is 11.0 Å². The molecule has 0 spiro atoms. The van der Waals surface area contributed by atoms with Crippen LogP contribution in [0.4, 0.5) is 5.82 Å². The molecule has 0 aromatic carbocycles. The number of halogens is 1. The summed E-state index contributed by atoms with van der Waals surface area (Å²) in [4.78, 5) is 23.8. The largest absolute Gasteiger partial charge is 0.294 e. The van der Waals surface area contributed by atoms with E-state index in [0.29, 0.717) is 30.0 Å². The van der Waals surface area contributed by atoms with Gasteiger partial charge in [-0.2, -0.15) is 0 Å². The number of piperazine rings is 1. The first kappa shape index (κ1) is 13.2. The number of nitrogens with zero attached hydrogens (tertiary/aromatic N) is 4. The quantitative estimate of drug-likeness (QED) is 0.779. The van der Waals surface area contributed by atoms with Crippen LogP contribution < -0.4 is 4.90 Å². The van der Waals surface area contributed by atoms with Gasteiger partial charge in [-0.05, 0) is 5.92 Å². The maximum Gasteiger partial charge on any atom is 0.242 e. The summed E-state index contributed by atoms with van der Waals surface area (Å²) in [5.74, 6) is 1.22. The van der Waals surface area contributed by atoms with E-state index in [9.17, 15) is 4.79 Å². The summed E-state index contributed by atoms with van der Waals surface area (Å²) >= 11 is 5.81. The molecule has 98 valence electrons. The minimum Gasteiger partial charge on any atom is -0.294 e. The van der Waals surface area contributed by atoms with Gasteiger partial charge in [-0.15, -0.1) is 0 Å². The molecule has 1 fully saturated rings. The fourth-order valence-electron chi connectivity index (χ4n) is 2.11. The van der Waals surface area contributed by atoms with E-state index in [0.717, 1.165) is 13.1 Å². The van der Waals surface area contributed by atoms with Crippen LogP contribution in [0.5, 0.6) is 0 Å². The summed E-state index contributed by atoms with van der Waals surface area (Å²) in [5, 5.41) is 0.359. The number of rotatable bonds is 3. The van der Waals surface area contributed by atoms with Gasteiger partial charge < -0.3 is 0 Å². The van der Waals surface area contributed by atoms with Crippen molar-refractivity contribution in [2.75, 3.05) is 31.1 Å². The van der Waals surface area contributed by atoms with Crippen molar-refractivity contribution in [1.82, 2.24) is 14.9 Å². The van der Waals surface area contributed by atoms with Gasteiger partial charge in [0.15, 0.2) is 0 Å². The fourth-order valence-corrected chi connectivity index (χ4v) is 2.25. The Morgan fingerprint density at radius 3 is 2.78 bits per heavy atom. The first-order chi connectivity index (χ1) is 8.56. The topological polar surface area (TPSA) is 49.3 Å². The van der Waals surface area contributed by atoms with Crippen molar-refractivity contribution < 1.29 is 4.79 Å². The molecule has 0 aliphatic carbocycles. The second kappa shape index (κ2) is 5.63. The zero-order chi connectivity index (χ0) is 13.1. The highest BCUT2D eigenvalue weighted by molar-refractivity contribution is 6.29. The molecular weight excluding hydrogens is 252 g/mol. The summed E-state index contributed by atoms with van der Waals surface area (Å²) < 4.78 is 0. The standard InChI is InChI=1S/C12H17ClN4O/c1-9(2)6-16-3-4-17(12(18)7-16)11-5-10(13)14-8-15-11/h5,8-9H,3-4,6-7H2,1-2H3. The predicted octanol–water partition coefficient (Wildman–Crippen LogP) is 1.43. The number of carbonyl (C=O) groups excluding carboxylic acids is 1. The van der Waals surface area contributed by atoms with Crippen molar-refractivity contribution in [2.24, 2.45) is 5.92 Å². The molecule has 2 heterocycles. The first-order valence-corrected chi connectivity index (χ1v) is 6.44. The van der Waals surface area contributed by atoms with E-state index in [4.69, 9.17) is 11.6 Å². The van der Waals surface area contributed by atoms with Gasteiger partial charge in [0.1, 0.15) is 17.3 Å². The van der Waals surface area contributed by atoms with Gasteiger partial charge in [-0.3, -0.25) is 14.6 Å². The van der Waals surface area contributed by atoms with Crippen molar-refractivity contribution in [3.8, 4) is 0 Å². The Balaban J connectivity index is 2.04. The molecule has 1 aromatic rings. The number of hydrogen-bond acceptors (Lipinski definition) is 4. The van der Waals surface area contributed by atoms with Gasteiger partial charge in [-0.1, -0.05) is 25.4 Å². The highest BCUT2D eigenvalue weighted by Gasteiger charge is 2.26. The fraction of sp³-hybridized carbons (Fsp3) is 0.583. The van der Waals surface area contributed by atoms with Crippen LogP contribution in [0.15, 0.2) is 12.4 Å². The molecule has 5 nitrogen and oxygen atoms in total. The Morgan fingerprint density at radius 2 is 2.17 bits per heavy atom. The van der Waals surface area contributed by atoms with Crippen molar-refractivity contribution >= 4 is 23.3 Å². The maximum atomic E-state index is 12.1. The van der Waals surface area contributed by atoms with Crippen LogP contribution in [0.3, 0.4) is 0 Å². The van der Waals surface area contributed by atoms with E-state index >= 15 is 0 Å².